The Morgan fingerprint density at radius 3 is 1.54 bits per heavy atom. The number of ether oxygens (including phenoxy) is 2. The van der Waals surface area contributed by atoms with E-state index in [2.05, 4.69) is 74.6 Å². The summed E-state index contributed by atoms with van der Waals surface area (Å²) in [4.78, 5) is 0. The molecular weight excluding hydrogens is 605 g/mol. The van der Waals surface area contributed by atoms with Gasteiger partial charge in [0.15, 0.2) is 11.5 Å². The molecule has 0 N–H and O–H groups in total. The van der Waals surface area contributed by atoms with Crippen molar-refractivity contribution in [3.8, 4) is 11.5 Å². The van der Waals surface area contributed by atoms with Crippen molar-refractivity contribution in [2.75, 3.05) is 21.3 Å². The summed E-state index contributed by atoms with van der Waals surface area (Å²) in [6.07, 6.45) is 17.4. The first-order valence-corrected chi connectivity index (χ1v) is 20.7. The SMILES string of the molecule is COc1cc([C@H](c2ccccc2)N(C)S(=O)C(C)(C)C)c(P(C23CC4CC(CC(C4)C2)C3)C23CC4CC(CC(C4)C2)C3)cc1OC. The fourth-order valence-corrected chi connectivity index (χ4v) is 19.4. The van der Waals surface area contributed by atoms with Gasteiger partial charge in [0.05, 0.1) is 25.0 Å². The lowest BCUT2D eigenvalue weighted by Crippen LogP contribution is -2.58. The zero-order valence-corrected chi connectivity index (χ0v) is 30.8. The monoisotopic (exact) mass is 661 g/mol. The van der Waals surface area contributed by atoms with Gasteiger partial charge in [0.1, 0.15) is 11.0 Å². The highest BCUT2D eigenvalue weighted by Crippen LogP contribution is 2.78. The van der Waals surface area contributed by atoms with Crippen molar-refractivity contribution >= 4 is 24.2 Å². The third-order valence-corrected chi connectivity index (χ3v) is 18.9. The Labute approximate surface area is 282 Å². The first kappa shape index (κ1) is 31.8. The molecule has 0 radical (unpaired) electrons. The fourth-order valence-electron chi connectivity index (χ4n) is 12.7. The van der Waals surface area contributed by atoms with Crippen LogP contribution in [0.4, 0.5) is 0 Å². The molecule has 0 aromatic heterocycles. The molecule has 10 rings (SSSR count). The van der Waals surface area contributed by atoms with Gasteiger partial charge in [0, 0.05) is 7.05 Å². The quantitative estimate of drug-likeness (QED) is 0.252. The van der Waals surface area contributed by atoms with Gasteiger partial charge in [-0.25, -0.2) is 8.51 Å². The third kappa shape index (κ3) is 5.24. The molecule has 1 unspecified atom stereocenters. The van der Waals surface area contributed by atoms with Crippen LogP contribution in [-0.4, -0.2) is 44.8 Å². The van der Waals surface area contributed by atoms with Crippen molar-refractivity contribution in [2.45, 2.75) is 119 Å². The third-order valence-electron chi connectivity index (χ3n) is 13.3. The lowest BCUT2D eigenvalue weighted by Gasteiger charge is -2.67. The Morgan fingerprint density at radius 2 is 1.15 bits per heavy atom. The Balaban J connectivity index is 1.38. The number of methoxy groups -OCH3 is 2. The van der Waals surface area contributed by atoms with Crippen LogP contribution in [0.2, 0.25) is 0 Å². The molecule has 0 heterocycles. The summed E-state index contributed by atoms with van der Waals surface area (Å²) in [5.74, 6) is 7.14. The normalized spacial score (nSPS) is 37.8. The highest BCUT2D eigenvalue weighted by molar-refractivity contribution is 7.84. The summed E-state index contributed by atoms with van der Waals surface area (Å²) < 4.78 is 28.4. The minimum atomic E-state index is -1.20. The minimum Gasteiger partial charge on any atom is -0.493 e. The molecule has 8 bridgehead atoms. The summed E-state index contributed by atoms with van der Waals surface area (Å²) >= 11 is 0. The van der Waals surface area contributed by atoms with E-state index in [9.17, 15) is 4.21 Å². The number of hydrogen-bond donors (Lipinski definition) is 0. The standard InChI is InChI=1S/C40H56NO3PS/c1-38(2,3)46(42)41(4)37(32-10-8-7-9-11-32)33-18-34(43-5)35(44-6)19-36(33)45(39-20-26-12-27(21-39)14-28(13-26)22-39)40-23-29-15-30(24-40)17-31(16-29)25-40/h7-11,18-19,26-31,37H,12-17,20-25H2,1-6H3/t26?,27?,28?,29?,30?,31?,37-,39?,40?,45?,46?/m0/s1. The van der Waals surface area contributed by atoms with Gasteiger partial charge < -0.3 is 9.47 Å². The first-order chi connectivity index (χ1) is 22.0. The van der Waals surface area contributed by atoms with Gasteiger partial charge in [-0.05, 0) is 172 Å². The van der Waals surface area contributed by atoms with Crippen molar-refractivity contribution in [2.24, 2.45) is 35.5 Å². The van der Waals surface area contributed by atoms with Crippen molar-refractivity contribution in [3.63, 3.8) is 0 Å². The van der Waals surface area contributed by atoms with E-state index in [4.69, 9.17) is 9.47 Å². The van der Waals surface area contributed by atoms with Gasteiger partial charge >= 0.3 is 0 Å². The topological polar surface area (TPSA) is 38.8 Å². The number of rotatable bonds is 9. The van der Waals surface area contributed by atoms with Crippen LogP contribution in [-0.2, 0) is 11.0 Å². The van der Waals surface area contributed by atoms with E-state index in [-0.39, 0.29) is 10.8 Å². The molecule has 2 atom stereocenters. The molecule has 250 valence electrons. The summed E-state index contributed by atoms with van der Waals surface area (Å²) in [5.41, 5.74) is 2.53. The van der Waals surface area contributed by atoms with Crippen LogP contribution >= 0.6 is 7.92 Å². The van der Waals surface area contributed by atoms with Gasteiger partial charge in [-0.1, -0.05) is 38.3 Å². The maximum atomic E-state index is 14.3. The van der Waals surface area contributed by atoms with Crippen molar-refractivity contribution in [3.05, 3.63) is 53.6 Å². The van der Waals surface area contributed by atoms with Crippen molar-refractivity contribution in [1.82, 2.24) is 4.31 Å². The molecule has 4 nitrogen and oxygen atoms in total. The van der Waals surface area contributed by atoms with Crippen LogP contribution in [0.1, 0.15) is 115 Å². The van der Waals surface area contributed by atoms with E-state index in [1.807, 2.05) is 7.11 Å². The van der Waals surface area contributed by atoms with Gasteiger partial charge in [-0.3, -0.25) is 0 Å². The summed E-state index contributed by atoms with van der Waals surface area (Å²) in [7, 11) is 3.96. The highest BCUT2D eigenvalue weighted by Gasteiger charge is 2.63. The average Bonchev–Trinajstić information content (AvgIpc) is 2.99. The van der Waals surface area contributed by atoms with Crippen LogP contribution in [0, 0.1) is 35.5 Å². The second-order valence-electron chi connectivity index (χ2n) is 17.6. The summed E-state index contributed by atoms with van der Waals surface area (Å²) in [5, 5.41) is 2.38. The molecule has 2 aromatic carbocycles. The van der Waals surface area contributed by atoms with E-state index >= 15 is 0 Å². The molecule has 0 spiro atoms. The predicted molar refractivity (Wildman–Crippen MR) is 192 cm³/mol. The molecule has 0 amide bonds. The first-order valence-electron chi connectivity index (χ1n) is 18.3. The molecule has 46 heavy (non-hydrogen) atoms. The molecule has 8 aliphatic carbocycles. The van der Waals surface area contributed by atoms with Gasteiger partial charge in [0.2, 0.25) is 0 Å². The van der Waals surface area contributed by atoms with Crippen LogP contribution in [0.25, 0.3) is 0 Å². The molecule has 0 aliphatic heterocycles. The zero-order valence-electron chi connectivity index (χ0n) is 29.1. The largest absolute Gasteiger partial charge is 0.493 e. The molecular formula is C40H56NO3PS. The van der Waals surface area contributed by atoms with Crippen LogP contribution < -0.4 is 14.8 Å². The lowest BCUT2D eigenvalue weighted by molar-refractivity contribution is 0.0195. The van der Waals surface area contributed by atoms with Crippen LogP contribution in [0.3, 0.4) is 0 Å². The average molecular weight is 662 g/mol. The van der Waals surface area contributed by atoms with E-state index in [1.165, 1.54) is 88.2 Å². The fraction of sp³-hybridized carbons (Fsp3) is 0.700. The summed E-state index contributed by atoms with van der Waals surface area (Å²) in [6, 6.07) is 15.5. The molecule has 2 aromatic rings. The summed E-state index contributed by atoms with van der Waals surface area (Å²) in [6.45, 7) is 6.32. The van der Waals surface area contributed by atoms with E-state index in [0.717, 1.165) is 47.0 Å². The van der Waals surface area contributed by atoms with Crippen molar-refractivity contribution < 1.29 is 13.7 Å². The van der Waals surface area contributed by atoms with E-state index in [1.54, 1.807) is 12.4 Å². The van der Waals surface area contributed by atoms with Gasteiger partial charge in [-0.2, -0.15) is 0 Å². The second kappa shape index (κ2) is 11.6. The van der Waals surface area contributed by atoms with Crippen molar-refractivity contribution in [1.29, 1.82) is 0 Å². The molecule has 8 aliphatic rings. The molecule has 8 fully saturated rings. The number of hydrogen-bond acceptors (Lipinski definition) is 3. The predicted octanol–water partition coefficient (Wildman–Crippen LogP) is 9.23. The highest BCUT2D eigenvalue weighted by atomic mass is 32.2. The Kier molecular flexibility index (Phi) is 8.02. The maximum absolute atomic E-state index is 14.3. The van der Waals surface area contributed by atoms with Crippen LogP contribution in [0.15, 0.2) is 42.5 Å². The number of nitrogens with zero attached hydrogens (tertiary/aromatic N) is 1. The smallest absolute Gasteiger partial charge is 0.161 e. The molecule has 6 heteroatoms. The Bertz CT molecular complexity index is 1370. The lowest BCUT2D eigenvalue weighted by atomic mass is 9.55. The molecule has 8 saturated carbocycles. The van der Waals surface area contributed by atoms with E-state index in [0.29, 0.717) is 10.3 Å². The molecule has 0 saturated heterocycles. The Hall–Kier alpha value is -1.42. The number of benzene rings is 2. The van der Waals surface area contributed by atoms with Gasteiger partial charge in [-0.15, -0.1) is 0 Å². The Morgan fingerprint density at radius 1 is 0.739 bits per heavy atom. The van der Waals surface area contributed by atoms with Gasteiger partial charge in [0.25, 0.3) is 0 Å². The zero-order chi connectivity index (χ0) is 32.0. The van der Waals surface area contributed by atoms with E-state index < -0.39 is 18.9 Å². The minimum absolute atomic E-state index is 0.135. The van der Waals surface area contributed by atoms with Crippen LogP contribution in [0.5, 0.6) is 11.5 Å². The second-order valence-corrected chi connectivity index (χ2v) is 23.0. The maximum Gasteiger partial charge on any atom is 0.161 e.